The first-order valence-electron chi connectivity index (χ1n) is 12.2. The van der Waals surface area contributed by atoms with Crippen molar-refractivity contribution in [2.75, 3.05) is 40.3 Å². The van der Waals surface area contributed by atoms with Gasteiger partial charge in [-0.05, 0) is 42.1 Å². The number of hydrogen-bond donors (Lipinski definition) is 2. The van der Waals surface area contributed by atoms with Crippen molar-refractivity contribution in [2.24, 2.45) is 5.73 Å². The number of piperazine rings is 1. The van der Waals surface area contributed by atoms with Crippen molar-refractivity contribution in [3.8, 4) is 0 Å². The third-order valence-electron chi connectivity index (χ3n) is 6.57. The van der Waals surface area contributed by atoms with Crippen LogP contribution in [0.1, 0.15) is 17.5 Å². The number of rotatable bonds is 9. The highest BCUT2D eigenvalue weighted by molar-refractivity contribution is 7.91. The van der Waals surface area contributed by atoms with Crippen LogP contribution < -0.4 is 5.73 Å². The van der Waals surface area contributed by atoms with Gasteiger partial charge in [0, 0.05) is 42.0 Å². The zero-order valence-electron chi connectivity index (χ0n) is 21.6. The molecule has 1 aromatic heterocycles. The molecule has 1 saturated heterocycles. The number of nitrogens with zero attached hydrogens (tertiary/aromatic N) is 3. The summed E-state index contributed by atoms with van der Waals surface area (Å²) in [6.07, 6.45) is 0.771. The molecule has 0 radical (unpaired) electrons. The molecule has 39 heavy (non-hydrogen) atoms. The van der Waals surface area contributed by atoms with Crippen molar-refractivity contribution in [2.45, 2.75) is 23.2 Å². The van der Waals surface area contributed by atoms with Crippen LogP contribution in [0.5, 0.6) is 0 Å². The highest BCUT2D eigenvalue weighted by atomic mass is 35.5. The molecule has 208 valence electrons. The number of halogens is 1. The van der Waals surface area contributed by atoms with Crippen molar-refractivity contribution in [3.63, 3.8) is 0 Å². The third-order valence-corrected chi connectivity index (χ3v) is 10.2. The number of thiophene rings is 1. The molecule has 1 fully saturated rings. The number of nitrogens with two attached hydrogens (primary N) is 1. The van der Waals surface area contributed by atoms with Gasteiger partial charge in [0.25, 0.3) is 10.0 Å². The van der Waals surface area contributed by atoms with Gasteiger partial charge < -0.3 is 20.3 Å². The lowest BCUT2D eigenvalue weighted by Crippen LogP contribution is -2.60. The molecule has 0 unspecified atom stereocenters. The van der Waals surface area contributed by atoms with E-state index in [1.54, 1.807) is 48.5 Å². The Bertz CT molecular complexity index is 1490. The monoisotopic (exact) mass is 591 g/mol. The molecule has 3 N–H and O–H groups in total. The molecule has 1 aliphatic heterocycles. The Hall–Kier alpha value is -3.03. The van der Waals surface area contributed by atoms with Crippen molar-refractivity contribution < 1.29 is 22.7 Å². The summed E-state index contributed by atoms with van der Waals surface area (Å²) < 4.78 is 33.7. The number of amides is 1. The average molecular weight is 592 g/mol. The lowest BCUT2D eigenvalue weighted by molar-refractivity contribution is -0.157. The molecule has 1 amide bonds. The maximum atomic E-state index is 13.5. The summed E-state index contributed by atoms with van der Waals surface area (Å²) in [5.41, 5.74) is 6.99. The maximum absolute atomic E-state index is 13.5. The Morgan fingerprint density at radius 3 is 2.62 bits per heavy atom. The van der Waals surface area contributed by atoms with Crippen LogP contribution in [0.2, 0.25) is 5.02 Å². The van der Waals surface area contributed by atoms with Gasteiger partial charge in [0.2, 0.25) is 5.91 Å². The van der Waals surface area contributed by atoms with Crippen molar-refractivity contribution in [1.82, 2.24) is 14.1 Å². The highest BCUT2D eigenvalue weighted by Crippen LogP contribution is 2.33. The molecule has 1 aliphatic rings. The van der Waals surface area contributed by atoms with Gasteiger partial charge in [-0.15, -0.1) is 11.3 Å². The average Bonchev–Trinajstić information content (AvgIpc) is 3.36. The second-order valence-corrected chi connectivity index (χ2v) is 12.9. The van der Waals surface area contributed by atoms with Crippen LogP contribution >= 0.6 is 22.9 Å². The van der Waals surface area contributed by atoms with Gasteiger partial charge in [0.1, 0.15) is 16.1 Å². The lowest BCUT2D eigenvalue weighted by Gasteiger charge is -2.38. The predicted octanol–water partition coefficient (Wildman–Crippen LogP) is 2.74. The van der Waals surface area contributed by atoms with Crippen LogP contribution in [-0.2, 0) is 30.9 Å². The normalized spacial score (nSPS) is 16.5. The van der Waals surface area contributed by atoms with E-state index in [2.05, 4.69) is 0 Å². The lowest BCUT2D eigenvalue weighted by atomic mass is 10.1. The zero-order chi connectivity index (χ0) is 28.3. The molecule has 2 aromatic carbocycles. The number of sulfonamides is 1. The molecule has 1 atom stereocenters. The summed E-state index contributed by atoms with van der Waals surface area (Å²) >= 11 is 7.11. The maximum Gasteiger partial charge on any atom is 0.329 e. The zero-order valence-corrected chi connectivity index (χ0v) is 24.0. The molecule has 4 rings (SSSR count). The SMILES string of the molecule is COC(=O)[C@H]1CN(S(=O)(=O)c2cc3ccc(Cl)cc3s2)CC(=O)N1Cc1ccc(C(=N)N(C)CCCN)cc1. The summed E-state index contributed by atoms with van der Waals surface area (Å²) in [5, 5.41) is 9.59. The Balaban J connectivity index is 1.53. The van der Waals surface area contributed by atoms with Crippen LogP contribution in [0.3, 0.4) is 0 Å². The van der Waals surface area contributed by atoms with E-state index < -0.39 is 34.5 Å². The highest BCUT2D eigenvalue weighted by Gasteiger charge is 2.42. The number of benzene rings is 2. The molecular weight excluding hydrogens is 562 g/mol. The van der Waals surface area contributed by atoms with E-state index in [0.29, 0.717) is 34.2 Å². The Kier molecular flexibility index (Phi) is 8.92. The minimum Gasteiger partial charge on any atom is -0.467 e. The number of ether oxygens (including phenoxy) is 1. The molecule has 0 bridgehead atoms. The van der Waals surface area contributed by atoms with E-state index >= 15 is 0 Å². The molecular formula is C26H30ClN5O5S2. The van der Waals surface area contributed by atoms with Crippen LogP contribution in [0, 0.1) is 5.41 Å². The summed E-state index contributed by atoms with van der Waals surface area (Å²) in [7, 11) is -1.02. The number of carbonyl (C=O) groups is 2. The van der Waals surface area contributed by atoms with Crippen molar-refractivity contribution in [1.29, 1.82) is 5.41 Å². The van der Waals surface area contributed by atoms with E-state index in [1.807, 2.05) is 11.9 Å². The van der Waals surface area contributed by atoms with Gasteiger partial charge in [-0.1, -0.05) is 41.9 Å². The first-order valence-corrected chi connectivity index (χ1v) is 14.8. The molecule has 13 heteroatoms. The largest absolute Gasteiger partial charge is 0.467 e. The van der Waals surface area contributed by atoms with E-state index in [1.165, 1.54) is 12.0 Å². The third kappa shape index (κ3) is 6.25. The predicted molar refractivity (Wildman–Crippen MR) is 152 cm³/mol. The fourth-order valence-corrected chi connectivity index (χ4v) is 7.58. The van der Waals surface area contributed by atoms with E-state index in [4.69, 9.17) is 27.5 Å². The molecule has 0 spiro atoms. The minimum atomic E-state index is -4.05. The molecule has 0 aliphatic carbocycles. The summed E-state index contributed by atoms with van der Waals surface area (Å²) in [6, 6.07) is 12.7. The van der Waals surface area contributed by atoms with E-state index in [9.17, 15) is 18.0 Å². The summed E-state index contributed by atoms with van der Waals surface area (Å²) in [5.74, 6) is -0.866. The molecule has 0 saturated carbocycles. The second kappa shape index (κ2) is 12.0. The van der Waals surface area contributed by atoms with Crippen LogP contribution in [-0.4, -0.2) is 86.6 Å². The number of carbonyl (C=O) groups excluding carboxylic acids is 2. The number of nitrogens with one attached hydrogen (secondary N) is 1. The Morgan fingerprint density at radius 2 is 1.95 bits per heavy atom. The van der Waals surface area contributed by atoms with Gasteiger partial charge in [-0.2, -0.15) is 4.31 Å². The topological polar surface area (TPSA) is 137 Å². The standard InChI is InChI=1S/C26H30ClN5O5S2/c1-30(11-3-10-28)25(29)18-6-4-17(5-7-18)14-32-21(26(34)37-2)15-31(16-23(32)33)39(35,36)24-12-19-8-9-20(27)13-22(19)38-24/h4-9,12-13,21,29H,3,10-11,14-16,28H2,1-2H3/t21-/m1/s1. The van der Waals surface area contributed by atoms with Gasteiger partial charge >= 0.3 is 5.97 Å². The number of hydrogen-bond acceptors (Lipinski definition) is 8. The fourth-order valence-electron chi connectivity index (χ4n) is 4.35. The van der Waals surface area contributed by atoms with Crippen LogP contribution in [0.15, 0.2) is 52.7 Å². The van der Waals surface area contributed by atoms with E-state index in [-0.39, 0.29) is 17.3 Å². The van der Waals surface area contributed by atoms with Gasteiger partial charge in [0.15, 0.2) is 0 Å². The molecule has 10 nitrogen and oxygen atoms in total. The summed E-state index contributed by atoms with van der Waals surface area (Å²) in [4.78, 5) is 29.1. The minimum absolute atomic E-state index is 0.0686. The second-order valence-electron chi connectivity index (χ2n) is 9.22. The summed E-state index contributed by atoms with van der Waals surface area (Å²) in [6.45, 7) is 0.655. The van der Waals surface area contributed by atoms with Gasteiger partial charge in [-0.25, -0.2) is 13.2 Å². The number of methoxy groups -OCH3 is 1. The van der Waals surface area contributed by atoms with E-state index in [0.717, 1.165) is 33.0 Å². The quantitative estimate of drug-likeness (QED) is 0.222. The first-order chi connectivity index (χ1) is 18.5. The van der Waals surface area contributed by atoms with Crippen molar-refractivity contribution >= 4 is 60.8 Å². The smallest absolute Gasteiger partial charge is 0.329 e. The van der Waals surface area contributed by atoms with Crippen LogP contribution in [0.4, 0.5) is 0 Å². The van der Waals surface area contributed by atoms with Crippen LogP contribution in [0.25, 0.3) is 10.1 Å². The number of fused-ring (bicyclic) bond motifs is 1. The fraction of sp³-hybridized carbons (Fsp3) is 0.346. The van der Waals surface area contributed by atoms with Crippen molar-refractivity contribution in [3.05, 3.63) is 64.7 Å². The number of amidine groups is 1. The van der Waals surface area contributed by atoms with Gasteiger partial charge in [-0.3, -0.25) is 10.2 Å². The Labute approximate surface area is 236 Å². The first kappa shape index (κ1) is 29.0. The number of esters is 1. The molecule has 3 aromatic rings. The van der Waals surface area contributed by atoms with Gasteiger partial charge in [0.05, 0.1) is 13.7 Å². The molecule has 2 heterocycles. The Morgan fingerprint density at radius 1 is 1.23 bits per heavy atom.